The van der Waals surface area contributed by atoms with Crippen LogP contribution in [0, 0.1) is 5.41 Å². The number of alkyl halides is 2. The van der Waals surface area contributed by atoms with E-state index >= 15 is 0 Å². The molecule has 0 fully saturated rings. The van der Waals surface area contributed by atoms with Crippen molar-refractivity contribution in [3.8, 4) is 0 Å². The van der Waals surface area contributed by atoms with Gasteiger partial charge in [-0.25, -0.2) is 8.78 Å². The van der Waals surface area contributed by atoms with Crippen molar-refractivity contribution in [3.63, 3.8) is 0 Å². The van der Waals surface area contributed by atoms with Gasteiger partial charge in [0.25, 0.3) is 6.43 Å². The van der Waals surface area contributed by atoms with Gasteiger partial charge < -0.3 is 5.32 Å². The SMILES string of the molecule is CC(NC(c1ccccc1)C(C)(C)C)C(F)F. The van der Waals surface area contributed by atoms with Crippen LogP contribution in [0.2, 0.25) is 0 Å². The van der Waals surface area contributed by atoms with Gasteiger partial charge in [-0.05, 0) is 17.9 Å². The number of halogens is 2. The summed E-state index contributed by atoms with van der Waals surface area (Å²) >= 11 is 0. The predicted octanol–water partition coefficient (Wildman–Crippen LogP) is 4.02. The molecule has 2 atom stereocenters. The zero-order chi connectivity index (χ0) is 13.1. The third-order valence-electron chi connectivity index (χ3n) is 2.81. The van der Waals surface area contributed by atoms with Crippen molar-refractivity contribution in [3.05, 3.63) is 35.9 Å². The van der Waals surface area contributed by atoms with Gasteiger partial charge >= 0.3 is 0 Å². The molecule has 1 aromatic rings. The number of hydrogen-bond donors (Lipinski definition) is 1. The van der Waals surface area contributed by atoms with Crippen LogP contribution in [-0.4, -0.2) is 12.5 Å². The van der Waals surface area contributed by atoms with Crippen molar-refractivity contribution >= 4 is 0 Å². The Morgan fingerprint density at radius 2 is 1.59 bits per heavy atom. The molecule has 96 valence electrons. The molecule has 0 radical (unpaired) electrons. The van der Waals surface area contributed by atoms with E-state index in [2.05, 4.69) is 26.1 Å². The van der Waals surface area contributed by atoms with E-state index in [0.29, 0.717) is 0 Å². The summed E-state index contributed by atoms with van der Waals surface area (Å²) in [6, 6.07) is 8.86. The predicted molar refractivity (Wildman–Crippen MR) is 67.2 cm³/mol. The Kier molecular flexibility index (Phi) is 4.63. The Balaban J connectivity index is 2.90. The molecule has 0 bridgehead atoms. The zero-order valence-corrected chi connectivity index (χ0v) is 10.9. The van der Waals surface area contributed by atoms with Gasteiger partial charge in [0, 0.05) is 6.04 Å². The van der Waals surface area contributed by atoms with Gasteiger partial charge in [-0.15, -0.1) is 0 Å². The van der Waals surface area contributed by atoms with E-state index in [4.69, 9.17) is 0 Å². The summed E-state index contributed by atoms with van der Waals surface area (Å²) in [6.07, 6.45) is -2.34. The average Bonchev–Trinajstić information content (AvgIpc) is 2.25. The molecule has 3 heteroatoms. The maximum absolute atomic E-state index is 12.6. The highest BCUT2D eigenvalue weighted by molar-refractivity contribution is 5.21. The largest absolute Gasteiger partial charge is 0.302 e. The van der Waals surface area contributed by atoms with Crippen molar-refractivity contribution in [1.82, 2.24) is 5.32 Å². The van der Waals surface area contributed by atoms with Gasteiger partial charge in [0.05, 0.1) is 6.04 Å². The first-order valence-electron chi connectivity index (χ1n) is 5.91. The van der Waals surface area contributed by atoms with Crippen molar-refractivity contribution in [2.24, 2.45) is 5.41 Å². The lowest BCUT2D eigenvalue weighted by atomic mass is 9.82. The Bertz CT molecular complexity index is 330. The van der Waals surface area contributed by atoms with Crippen molar-refractivity contribution < 1.29 is 8.78 Å². The number of hydrogen-bond acceptors (Lipinski definition) is 1. The summed E-state index contributed by atoms with van der Waals surface area (Å²) in [5.74, 6) is 0. The minimum absolute atomic E-state index is 0.0762. The summed E-state index contributed by atoms with van der Waals surface area (Å²) in [6.45, 7) is 7.67. The molecule has 1 N–H and O–H groups in total. The van der Waals surface area contributed by atoms with E-state index in [1.54, 1.807) is 0 Å². The van der Waals surface area contributed by atoms with E-state index in [0.717, 1.165) is 5.56 Å². The van der Waals surface area contributed by atoms with Crippen LogP contribution >= 0.6 is 0 Å². The van der Waals surface area contributed by atoms with Gasteiger partial charge in [0.2, 0.25) is 0 Å². The van der Waals surface area contributed by atoms with Gasteiger partial charge in [-0.2, -0.15) is 0 Å². The molecule has 0 saturated heterocycles. The third kappa shape index (κ3) is 4.08. The molecule has 0 spiro atoms. The van der Waals surface area contributed by atoms with Gasteiger partial charge in [0.15, 0.2) is 0 Å². The van der Waals surface area contributed by atoms with Crippen LogP contribution in [0.4, 0.5) is 8.78 Å². The minimum Gasteiger partial charge on any atom is -0.302 e. The Morgan fingerprint density at radius 1 is 1.06 bits per heavy atom. The number of rotatable bonds is 4. The molecular formula is C14H21F2N. The van der Waals surface area contributed by atoms with Crippen molar-refractivity contribution in [2.75, 3.05) is 0 Å². The first kappa shape index (κ1) is 14.1. The standard InChI is InChI=1S/C14H21F2N/c1-10(13(15)16)17-12(14(2,3)4)11-8-6-5-7-9-11/h5-10,12-13,17H,1-4H3. The molecule has 0 amide bonds. The second kappa shape index (κ2) is 5.58. The van der Waals surface area contributed by atoms with Crippen LogP contribution in [0.5, 0.6) is 0 Å². The molecule has 1 rings (SSSR count). The molecule has 0 aromatic heterocycles. The first-order chi connectivity index (χ1) is 7.82. The molecule has 2 unspecified atom stereocenters. The molecule has 0 saturated carbocycles. The van der Waals surface area contributed by atoms with Crippen molar-refractivity contribution in [1.29, 1.82) is 0 Å². The summed E-state index contributed by atoms with van der Waals surface area (Å²) in [5, 5.41) is 3.02. The number of benzene rings is 1. The zero-order valence-electron chi connectivity index (χ0n) is 10.9. The highest BCUT2D eigenvalue weighted by Gasteiger charge is 2.29. The summed E-state index contributed by atoms with van der Waals surface area (Å²) in [5.41, 5.74) is 0.942. The van der Waals surface area contributed by atoms with Gasteiger partial charge in [-0.1, -0.05) is 51.1 Å². The van der Waals surface area contributed by atoms with Crippen LogP contribution in [0.3, 0.4) is 0 Å². The molecule has 1 aromatic carbocycles. The smallest absolute Gasteiger partial charge is 0.253 e. The molecule has 0 heterocycles. The lowest BCUT2D eigenvalue weighted by Crippen LogP contribution is -2.41. The Morgan fingerprint density at radius 3 is 2.00 bits per heavy atom. The van der Waals surface area contributed by atoms with Crippen LogP contribution in [-0.2, 0) is 0 Å². The maximum atomic E-state index is 12.6. The average molecular weight is 241 g/mol. The lowest BCUT2D eigenvalue weighted by molar-refractivity contribution is 0.0876. The molecule has 1 nitrogen and oxygen atoms in total. The van der Waals surface area contributed by atoms with E-state index in [-0.39, 0.29) is 11.5 Å². The van der Waals surface area contributed by atoms with E-state index < -0.39 is 12.5 Å². The van der Waals surface area contributed by atoms with Crippen LogP contribution < -0.4 is 5.32 Å². The van der Waals surface area contributed by atoms with Crippen LogP contribution in [0.15, 0.2) is 30.3 Å². The second-order valence-corrected chi connectivity index (χ2v) is 5.50. The van der Waals surface area contributed by atoms with E-state index in [1.807, 2.05) is 30.3 Å². The first-order valence-corrected chi connectivity index (χ1v) is 5.91. The van der Waals surface area contributed by atoms with Gasteiger partial charge in [-0.3, -0.25) is 0 Å². The van der Waals surface area contributed by atoms with Gasteiger partial charge in [0.1, 0.15) is 0 Å². The highest BCUT2D eigenvalue weighted by atomic mass is 19.3. The highest BCUT2D eigenvalue weighted by Crippen LogP contribution is 2.33. The molecule has 0 aliphatic carbocycles. The second-order valence-electron chi connectivity index (χ2n) is 5.50. The normalized spacial score (nSPS) is 15.9. The Hall–Kier alpha value is -0.960. The van der Waals surface area contributed by atoms with Crippen LogP contribution in [0.1, 0.15) is 39.3 Å². The van der Waals surface area contributed by atoms with E-state index in [1.165, 1.54) is 6.92 Å². The van der Waals surface area contributed by atoms with E-state index in [9.17, 15) is 8.78 Å². The topological polar surface area (TPSA) is 12.0 Å². The summed E-state index contributed by atoms with van der Waals surface area (Å²) in [4.78, 5) is 0. The fourth-order valence-corrected chi connectivity index (χ4v) is 1.83. The summed E-state index contributed by atoms with van der Waals surface area (Å²) in [7, 11) is 0. The number of nitrogens with one attached hydrogen (secondary N) is 1. The molecule has 0 aliphatic rings. The minimum atomic E-state index is -2.34. The maximum Gasteiger partial charge on any atom is 0.253 e. The molecular weight excluding hydrogens is 220 g/mol. The third-order valence-corrected chi connectivity index (χ3v) is 2.81. The fraction of sp³-hybridized carbons (Fsp3) is 0.571. The monoisotopic (exact) mass is 241 g/mol. The molecule has 0 aliphatic heterocycles. The fourth-order valence-electron chi connectivity index (χ4n) is 1.83. The summed E-state index contributed by atoms with van der Waals surface area (Å²) < 4.78 is 25.3. The Labute approximate surface area is 102 Å². The van der Waals surface area contributed by atoms with Crippen LogP contribution in [0.25, 0.3) is 0 Å². The quantitative estimate of drug-likeness (QED) is 0.839. The lowest BCUT2D eigenvalue weighted by Gasteiger charge is -2.34. The molecule has 17 heavy (non-hydrogen) atoms. The van der Waals surface area contributed by atoms with Crippen molar-refractivity contribution in [2.45, 2.75) is 46.2 Å².